The molecular formula is C25H30N2O6. The van der Waals surface area contributed by atoms with Crippen molar-refractivity contribution in [1.29, 1.82) is 0 Å². The second-order valence-corrected chi connectivity index (χ2v) is 7.84. The predicted octanol–water partition coefficient (Wildman–Crippen LogP) is 3.64. The molecule has 0 atom stereocenters. The van der Waals surface area contributed by atoms with Gasteiger partial charge in [-0.05, 0) is 26.3 Å². The minimum absolute atomic E-state index is 0.000778. The number of carbonyl (C=O) groups is 2. The van der Waals surface area contributed by atoms with Crippen molar-refractivity contribution in [2.45, 2.75) is 26.9 Å². The van der Waals surface area contributed by atoms with Crippen LogP contribution in [0.5, 0.6) is 17.2 Å². The quantitative estimate of drug-likeness (QED) is 0.549. The third-order valence-electron chi connectivity index (χ3n) is 5.21. The van der Waals surface area contributed by atoms with Gasteiger partial charge in [0.05, 0.1) is 46.2 Å². The van der Waals surface area contributed by atoms with Crippen LogP contribution in [0, 0.1) is 6.92 Å². The van der Waals surface area contributed by atoms with Crippen molar-refractivity contribution >= 4 is 23.1 Å². The van der Waals surface area contributed by atoms with Crippen LogP contribution < -0.4 is 19.5 Å². The van der Waals surface area contributed by atoms with Gasteiger partial charge in [-0.25, -0.2) is 0 Å². The van der Waals surface area contributed by atoms with Gasteiger partial charge >= 0.3 is 0 Å². The smallest absolute Gasteiger partial charge is 0.278 e. The number of nitrogens with one attached hydrogen (secondary N) is 1. The topological polar surface area (TPSA) is 86.3 Å². The maximum Gasteiger partial charge on any atom is 0.278 e. The Morgan fingerprint density at radius 3 is 2.03 bits per heavy atom. The van der Waals surface area contributed by atoms with E-state index in [1.54, 1.807) is 12.1 Å². The molecule has 176 valence electrons. The van der Waals surface area contributed by atoms with Gasteiger partial charge in [0.15, 0.2) is 11.5 Å². The number of rotatable bonds is 10. The van der Waals surface area contributed by atoms with Crippen molar-refractivity contribution in [1.82, 2.24) is 4.90 Å². The summed E-state index contributed by atoms with van der Waals surface area (Å²) in [6.07, 6.45) is -0.000778. The van der Waals surface area contributed by atoms with Crippen LogP contribution in [0.2, 0.25) is 0 Å². The average Bonchev–Trinajstić information content (AvgIpc) is 3.02. The van der Waals surface area contributed by atoms with E-state index >= 15 is 0 Å². The van der Waals surface area contributed by atoms with Gasteiger partial charge in [0, 0.05) is 17.8 Å². The standard InChI is InChI=1S/C25H30N2O6/c1-15(2)33-12-11-27-24(28)21(17-9-7-16(3)8-10-17)22(25(27)29)26-18-13-19(30-4)23(32-6)20(14-18)31-5/h7-10,13-15,26H,11-12H2,1-6H3. The van der Waals surface area contributed by atoms with E-state index < -0.39 is 5.91 Å². The van der Waals surface area contributed by atoms with Crippen LogP contribution in [0.15, 0.2) is 42.1 Å². The fourth-order valence-electron chi connectivity index (χ4n) is 3.56. The highest BCUT2D eigenvalue weighted by atomic mass is 16.5. The lowest BCUT2D eigenvalue weighted by Crippen LogP contribution is -2.35. The maximum atomic E-state index is 13.3. The first-order valence-electron chi connectivity index (χ1n) is 10.7. The monoisotopic (exact) mass is 454 g/mol. The van der Waals surface area contributed by atoms with Crippen molar-refractivity contribution in [2.75, 3.05) is 39.8 Å². The van der Waals surface area contributed by atoms with Gasteiger partial charge in [-0.3, -0.25) is 14.5 Å². The summed E-state index contributed by atoms with van der Waals surface area (Å²) in [6, 6.07) is 10.8. The van der Waals surface area contributed by atoms with E-state index in [0.29, 0.717) is 34.1 Å². The molecule has 0 saturated carbocycles. The van der Waals surface area contributed by atoms with Crippen LogP contribution in [-0.2, 0) is 14.3 Å². The van der Waals surface area contributed by atoms with E-state index in [9.17, 15) is 9.59 Å². The van der Waals surface area contributed by atoms with Crippen LogP contribution in [0.1, 0.15) is 25.0 Å². The maximum absolute atomic E-state index is 13.3. The zero-order valence-electron chi connectivity index (χ0n) is 19.9. The number of benzene rings is 2. The van der Waals surface area contributed by atoms with E-state index in [-0.39, 0.29) is 30.9 Å². The van der Waals surface area contributed by atoms with Crippen LogP contribution in [0.4, 0.5) is 5.69 Å². The Balaban J connectivity index is 2.03. The number of aryl methyl sites for hydroxylation is 1. The lowest BCUT2D eigenvalue weighted by Gasteiger charge is -2.17. The van der Waals surface area contributed by atoms with Crippen LogP contribution in [0.3, 0.4) is 0 Å². The van der Waals surface area contributed by atoms with Crippen molar-refractivity contribution in [2.24, 2.45) is 0 Å². The molecule has 8 heteroatoms. The zero-order chi connectivity index (χ0) is 24.1. The second kappa shape index (κ2) is 10.4. The lowest BCUT2D eigenvalue weighted by atomic mass is 10.0. The third kappa shape index (κ3) is 5.12. The van der Waals surface area contributed by atoms with Crippen molar-refractivity contribution in [3.63, 3.8) is 0 Å². The summed E-state index contributed by atoms with van der Waals surface area (Å²) in [6.45, 7) is 6.19. The number of carbonyl (C=O) groups excluding carboxylic acids is 2. The van der Waals surface area contributed by atoms with Crippen LogP contribution in [-0.4, -0.2) is 57.3 Å². The fourth-order valence-corrected chi connectivity index (χ4v) is 3.56. The summed E-state index contributed by atoms with van der Waals surface area (Å²) >= 11 is 0. The van der Waals surface area contributed by atoms with Gasteiger partial charge in [0.25, 0.3) is 11.8 Å². The van der Waals surface area contributed by atoms with Crippen molar-refractivity contribution < 1.29 is 28.5 Å². The Kier molecular flexibility index (Phi) is 7.60. The molecule has 1 N–H and O–H groups in total. The SMILES string of the molecule is COc1cc(NC2=C(c3ccc(C)cc3)C(=O)N(CCOC(C)C)C2=O)cc(OC)c1OC. The molecule has 0 aliphatic carbocycles. The largest absolute Gasteiger partial charge is 0.493 e. The average molecular weight is 455 g/mol. The summed E-state index contributed by atoms with van der Waals surface area (Å²) in [7, 11) is 4.54. The summed E-state index contributed by atoms with van der Waals surface area (Å²) < 4.78 is 21.8. The predicted molar refractivity (Wildman–Crippen MR) is 126 cm³/mol. The minimum atomic E-state index is -0.420. The summed E-state index contributed by atoms with van der Waals surface area (Å²) in [5.41, 5.74) is 2.71. The molecule has 0 bridgehead atoms. The number of hydrogen-bond donors (Lipinski definition) is 1. The highest BCUT2D eigenvalue weighted by Crippen LogP contribution is 2.41. The van der Waals surface area contributed by atoms with Crippen LogP contribution in [0.25, 0.3) is 5.57 Å². The number of nitrogens with zero attached hydrogens (tertiary/aromatic N) is 1. The molecule has 0 aromatic heterocycles. The van der Waals surface area contributed by atoms with E-state index in [4.69, 9.17) is 18.9 Å². The first-order valence-corrected chi connectivity index (χ1v) is 10.7. The number of anilines is 1. The van der Waals surface area contributed by atoms with Gasteiger partial charge in [-0.1, -0.05) is 29.8 Å². The summed E-state index contributed by atoms with van der Waals surface area (Å²) in [5, 5.41) is 3.13. The molecule has 0 radical (unpaired) electrons. The number of amides is 2. The summed E-state index contributed by atoms with van der Waals surface area (Å²) in [5.74, 6) is 0.494. The molecule has 0 spiro atoms. The molecule has 1 heterocycles. The Bertz CT molecular complexity index is 1030. The van der Waals surface area contributed by atoms with E-state index in [0.717, 1.165) is 5.56 Å². The first-order chi connectivity index (χ1) is 15.8. The zero-order valence-corrected chi connectivity index (χ0v) is 19.9. The molecule has 1 aliphatic heterocycles. The van der Waals surface area contributed by atoms with E-state index in [1.165, 1.54) is 26.2 Å². The molecule has 2 aromatic rings. The van der Waals surface area contributed by atoms with Crippen molar-refractivity contribution in [3.8, 4) is 17.2 Å². The molecule has 8 nitrogen and oxygen atoms in total. The third-order valence-corrected chi connectivity index (χ3v) is 5.21. The van der Waals surface area contributed by atoms with Crippen LogP contribution >= 0.6 is 0 Å². The fraction of sp³-hybridized carbons (Fsp3) is 0.360. The Hall–Kier alpha value is -3.52. The van der Waals surface area contributed by atoms with Gasteiger partial charge < -0.3 is 24.3 Å². The van der Waals surface area contributed by atoms with Gasteiger partial charge in [-0.15, -0.1) is 0 Å². The second-order valence-electron chi connectivity index (χ2n) is 7.84. The molecule has 0 unspecified atom stereocenters. The Morgan fingerprint density at radius 2 is 1.52 bits per heavy atom. The molecule has 2 amide bonds. The molecule has 3 rings (SSSR count). The van der Waals surface area contributed by atoms with E-state index in [2.05, 4.69) is 5.32 Å². The number of hydrogen-bond acceptors (Lipinski definition) is 7. The first kappa shape index (κ1) is 24.1. The molecular weight excluding hydrogens is 424 g/mol. The highest BCUT2D eigenvalue weighted by molar-refractivity contribution is 6.36. The molecule has 0 saturated heterocycles. The summed E-state index contributed by atoms with van der Waals surface area (Å²) in [4.78, 5) is 27.8. The molecule has 33 heavy (non-hydrogen) atoms. The van der Waals surface area contributed by atoms with Gasteiger partial charge in [0.2, 0.25) is 5.75 Å². The van der Waals surface area contributed by atoms with Crippen molar-refractivity contribution in [3.05, 3.63) is 53.2 Å². The Labute approximate surface area is 194 Å². The number of ether oxygens (including phenoxy) is 4. The molecule has 2 aromatic carbocycles. The van der Waals surface area contributed by atoms with E-state index in [1.807, 2.05) is 45.0 Å². The highest BCUT2D eigenvalue weighted by Gasteiger charge is 2.39. The number of imide groups is 1. The molecule has 1 aliphatic rings. The molecule has 0 fully saturated rings. The number of methoxy groups -OCH3 is 3. The minimum Gasteiger partial charge on any atom is -0.493 e. The van der Waals surface area contributed by atoms with Gasteiger partial charge in [-0.2, -0.15) is 0 Å². The van der Waals surface area contributed by atoms with Gasteiger partial charge in [0.1, 0.15) is 5.70 Å². The Morgan fingerprint density at radius 1 is 0.909 bits per heavy atom. The lowest BCUT2D eigenvalue weighted by molar-refractivity contribution is -0.137. The normalized spacial score (nSPS) is 13.7.